The second-order valence-electron chi connectivity index (χ2n) is 7.17. The normalized spacial score (nSPS) is 13.4. The van der Waals surface area contributed by atoms with Crippen molar-refractivity contribution in [3.8, 4) is 11.5 Å². The number of rotatable bonds is 8. The zero-order chi connectivity index (χ0) is 22.2. The van der Waals surface area contributed by atoms with Crippen molar-refractivity contribution in [1.29, 1.82) is 0 Å². The van der Waals surface area contributed by atoms with Crippen molar-refractivity contribution in [3.05, 3.63) is 34.5 Å². The molecule has 0 atom stereocenters. The summed E-state index contributed by atoms with van der Waals surface area (Å²) in [4.78, 5) is 39.5. The maximum absolute atomic E-state index is 12.4. The van der Waals surface area contributed by atoms with Gasteiger partial charge in [0.2, 0.25) is 11.8 Å². The van der Waals surface area contributed by atoms with E-state index >= 15 is 0 Å². The smallest absolute Gasteiger partial charge is 0.265 e. The maximum atomic E-state index is 12.4. The van der Waals surface area contributed by atoms with Crippen molar-refractivity contribution in [2.45, 2.75) is 32.1 Å². The Morgan fingerprint density at radius 1 is 0.968 bits per heavy atom. The molecular formula is C22H27N3O5S. The predicted molar refractivity (Wildman–Crippen MR) is 120 cm³/mol. The van der Waals surface area contributed by atoms with Crippen molar-refractivity contribution in [2.24, 2.45) is 0 Å². The number of carbonyl (C=O) groups excluding carboxylic acids is 3. The van der Waals surface area contributed by atoms with Crippen molar-refractivity contribution >= 4 is 40.4 Å². The Labute approximate surface area is 185 Å². The summed E-state index contributed by atoms with van der Waals surface area (Å²) in [5.41, 5.74) is 0.833. The van der Waals surface area contributed by atoms with Crippen LogP contribution in [0, 0.1) is 0 Å². The van der Waals surface area contributed by atoms with Gasteiger partial charge < -0.3 is 25.0 Å². The molecule has 2 N–H and O–H groups in total. The van der Waals surface area contributed by atoms with Crippen molar-refractivity contribution in [2.75, 3.05) is 37.9 Å². The number of likely N-dealkylation sites (tertiary alicyclic amines) is 1. The number of amides is 3. The topological polar surface area (TPSA) is 97.0 Å². The molecule has 1 aliphatic heterocycles. The molecule has 166 valence electrons. The molecule has 1 saturated heterocycles. The molecule has 3 amide bonds. The van der Waals surface area contributed by atoms with Crippen LogP contribution in [0.3, 0.4) is 0 Å². The zero-order valence-corrected chi connectivity index (χ0v) is 18.5. The summed E-state index contributed by atoms with van der Waals surface area (Å²) in [6.45, 7) is 1.54. The lowest BCUT2D eigenvalue weighted by molar-refractivity contribution is -0.133. The van der Waals surface area contributed by atoms with E-state index in [1.165, 1.54) is 25.6 Å². The lowest BCUT2D eigenvalue weighted by atomic mass is 10.1. The molecule has 8 nitrogen and oxygen atoms in total. The number of nitrogens with zero attached hydrogens (tertiary/aromatic N) is 1. The number of hydrogen-bond donors (Lipinski definition) is 2. The minimum absolute atomic E-state index is 0.00559. The molecule has 0 radical (unpaired) electrons. The predicted octanol–water partition coefficient (Wildman–Crippen LogP) is 3.75. The summed E-state index contributed by atoms with van der Waals surface area (Å²) in [5, 5.41) is 7.40. The Balaban J connectivity index is 1.65. The highest BCUT2D eigenvalue weighted by Crippen LogP contribution is 2.37. The van der Waals surface area contributed by atoms with Crippen LogP contribution in [0.15, 0.2) is 29.6 Å². The van der Waals surface area contributed by atoms with Crippen LogP contribution in [0.5, 0.6) is 11.5 Å². The van der Waals surface area contributed by atoms with Gasteiger partial charge in [-0.25, -0.2) is 0 Å². The van der Waals surface area contributed by atoms with Gasteiger partial charge in [-0.3, -0.25) is 14.4 Å². The van der Waals surface area contributed by atoms with Gasteiger partial charge in [0, 0.05) is 38.1 Å². The average molecular weight is 446 g/mol. The molecular weight excluding hydrogens is 418 g/mol. The van der Waals surface area contributed by atoms with E-state index in [-0.39, 0.29) is 30.6 Å². The van der Waals surface area contributed by atoms with Crippen LogP contribution >= 0.6 is 11.3 Å². The third kappa shape index (κ3) is 5.97. The number of anilines is 2. The monoisotopic (exact) mass is 445 g/mol. The van der Waals surface area contributed by atoms with Crippen LogP contribution in [0.4, 0.5) is 11.4 Å². The van der Waals surface area contributed by atoms with Crippen molar-refractivity contribution < 1.29 is 23.9 Å². The summed E-state index contributed by atoms with van der Waals surface area (Å²) in [6.07, 6.45) is 3.43. The van der Waals surface area contributed by atoms with Gasteiger partial charge in [-0.05, 0) is 30.7 Å². The van der Waals surface area contributed by atoms with Gasteiger partial charge in [-0.15, -0.1) is 11.3 Å². The Morgan fingerprint density at radius 2 is 1.61 bits per heavy atom. The molecule has 3 rings (SSSR count). The van der Waals surface area contributed by atoms with E-state index in [4.69, 9.17) is 9.47 Å². The molecule has 0 aliphatic carbocycles. The van der Waals surface area contributed by atoms with E-state index in [2.05, 4.69) is 10.6 Å². The van der Waals surface area contributed by atoms with Crippen LogP contribution in [0.1, 0.15) is 41.8 Å². The first-order valence-corrected chi connectivity index (χ1v) is 11.1. The number of methoxy groups -OCH3 is 2. The Morgan fingerprint density at radius 3 is 2.19 bits per heavy atom. The van der Waals surface area contributed by atoms with Gasteiger partial charge in [0.25, 0.3) is 5.91 Å². The second kappa shape index (κ2) is 10.8. The molecule has 0 unspecified atom stereocenters. The standard InChI is InChI=1S/C22H27N3O5S/c1-29-17-14-16(24-22(28)19-7-6-12-31-19)18(30-2)13-15(17)23-20(26)8-9-21(27)25-10-4-3-5-11-25/h6-7,12-14H,3-5,8-11H2,1-2H3,(H,23,26)(H,24,28). The SMILES string of the molecule is COc1cc(NC(=O)c2cccs2)c(OC)cc1NC(=O)CCC(=O)N1CCCCC1. The molecule has 0 saturated carbocycles. The molecule has 2 heterocycles. The number of carbonyl (C=O) groups is 3. The number of piperidine rings is 1. The lowest BCUT2D eigenvalue weighted by Crippen LogP contribution is -2.35. The fourth-order valence-corrected chi connectivity index (χ4v) is 4.04. The largest absolute Gasteiger partial charge is 0.494 e. The first kappa shape index (κ1) is 22.6. The van der Waals surface area contributed by atoms with E-state index in [1.807, 2.05) is 10.3 Å². The molecule has 1 aromatic carbocycles. The number of hydrogen-bond acceptors (Lipinski definition) is 6. The van der Waals surface area contributed by atoms with Gasteiger partial charge in [-0.1, -0.05) is 6.07 Å². The third-order valence-corrected chi connectivity index (χ3v) is 5.93. The molecule has 2 aromatic rings. The average Bonchev–Trinajstić information content (AvgIpc) is 3.34. The highest BCUT2D eigenvalue weighted by atomic mass is 32.1. The van der Waals surface area contributed by atoms with Crippen LogP contribution in [0.25, 0.3) is 0 Å². The molecule has 9 heteroatoms. The van der Waals surface area contributed by atoms with E-state index in [0.29, 0.717) is 27.8 Å². The summed E-state index contributed by atoms with van der Waals surface area (Å²) >= 11 is 1.33. The number of ether oxygens (including phenoxy) is 2. The third-order valence-electron chi connectivity index (χ3n) is 5.06. The number of thiophene rings is 1. The van der Waals surface area contributed by atoms with Gasteiger partial charge in [-0.2, -0.15) is 0 Å². The van der Waals surface area contributed by atoms with E-state index in [0.717, 1.165) is 32.4 Å². The van der Waals surface area contributed by atoms with Crippen molar-refractivity contribution in [1.82, 2.24) is 4.90 Å². The second-order valence-corrected chi connectivity index (χ2v) is 8.12. The number of benzene rings is 1. The fourth-order valence-electron chi connectivity index (χ4n) is 3.42. The highest BCUT2D eigenvalue weighted by molar-refractivity contribution is 7.12. The Hall–Kier alpha value is -3.07. The van der Waals surface area contributed by atoms with Gasteiger partial charge in [0.05, 0.1) is 30.5 Å². The number of nitrogens with one attached hydrogen (secondary N) is 2. The quantitative estimate of drug-likeness (QED) is 0.645. The molecule has 0 spiro atoms. The minimum atomic E-state index is -0.291. The van der Waals surface area contributed by atoms with E-state index in [9.17, 15) is 14.4 Å². The van der Waals surface area contributed by atoms with Crippen LogP contribution in [0.2, 0.25) is 0 Å². The Bertz CT molecular complexity index is 923. The molecule has 0 bridgehead atoms. The summed E-state index contributed by atoms with van der Waals surface area (Å²) < 4.78 is 10.8. The van der Waals surface area contributed by atoms with Gasteiger partial charge in [0.15, 0.2) is 0 Å². The first-order chi connectivity index (χ1) is 15.0. The summed E-state index contributed by atoms with van der Waals surface area (Å²) in [5.74, 6) is 0.207. The molecule has 1 aliphatic rings. The zero-order valence-electron chi connectivity index (χ0n) is 17.7. The van der Waals surface area contributed by atoms with Crippen LogP contribution < -0.4 is 20.1 Å². The minimum Gasteiger partial charge on any atom is -0.494 e. The fraction of sp³-hybridized carbons (Fsp3) is 0.409. The molecule has 31 heavy (non-hydrogen) atoms. The Kier molecular flexibility index (Phi) is 7.88. The van der Waals surface area contributed by atoms with E-state index in [1.54, 1.807) is 24.3 Å². The lowest BCUT2D eigenvalue weighted by Gasteiger charge is -2.26. The summed E-state index contributed by atoms with van der Waals surface area (Å²) in [7, 11) is 2.95. The molecule has 1 fully saturated rings. The van der Waals surface area contributed by atoms with Crippen molar-refractivity contribution in [3.63, 3.8) is 0 Å². The summed E-state index contributed by atoms with van der Waals surface area (Å²) in [6, 6.07) is 6.71. The van der Waals surface area contributed by atoms with E-state index < -0.39 is 0 Å². The van der Waals surface area contributed by atoms with Crippen LogP contribution in [-0.4, -0.2) is 49.9 Å². The van der Waals surface area contributed by atoms with Crippen LogP contribution in [-0.2, 0) is 9.59 Å². The van der Waals surface area contributed by atoms with Gasteiger partial charge in [0.1, 0.15) is 11.5 Å². The highest BCUT2D eigenvalue weighted by Gasteiger charge is 2.19. The first-order valence-electron chi connectivity index (χ1n) is 10.2. The van der Waals surface area contributed by atoms with Gasteiger partial charge >= 0.3 is 0 Å². The maximum Gasteiger partial charge on any atom is 0.265 e. The molecule has 1 aromatic heterocycles.